The first-order chi connectivity index (χ1) is 10.7. The van der Waals surface area contributed by atoms with Gasteiger partial charge in [0.2, 0.25) is 0 Å². The summed E-state index contributed by atoms with van der Waals surface area (Å²) < 4.78 is 6.00. The Bertz CT molecular complexity index is 709. The molecule has 0 radical (unpaired) electrons. The van der Waals surface area contributed by atoms with Crippen LogP contribution in [-0.4, -0.2) is 11.1 Å². The van der Waals surface area contributed by atoms with Gasteiger partial charge in [-0.05, 0) is 41.2 Å². The van der Waals surface area contributed by atoms with Crippen LogP contribution in [0.15, 0.2) is 42.5 Å². The zero-order chi connectivity index (χ0) is 17.2. The lowest BCUT2D eigenvalue weighted by Crippen LogP contribution is -2.13. The summed E-state index contributed by atoms with van der Waals surface area (Å²) in [4.78, 5) is 11.1. The molecule has 2 rings (SSSR count). The number of rotatable bonds is 4. The van der Waals surface area contributed by atoms with E-state index in [1.54, 1.807) is 24.3 Å². The van der Waals surface area contributed by atoms with Gasteiger partial charge < -0.3 is 9.84 Å². The minimum absolute atomic E-state index is 0.0648. The van der Waals surface area contributed by atoms with Gasteiger partial charge in [0, 0.05) is 5.56 Å². The Kier molecular flexibility index (Phi) is 4.79. The number of benzene rings is 2. The van der Waals surface area contributed by atoms with Crippen LogP contribution in [0.1, 0.15) is 62.0 Å². The van der Waals surface area contributed by atoms with Crippen molar-refractivity contribution < 1.29 is 14.6 Å². The Labute approximate surface area is 137 Å². The van der Waals surface area contributed by atoms with E-state index in [9.17, 15) is 4.79 Å². The maximum Gasteiger partial charge on any atom is 0.335 e. The number of carboxylic acids is 1. The Morgan fingerprint density at radius 3 is 2.35 bits per heavy atom. The van der Waals surface area contributed by atoms with Gasteiger partial charge in [-0.2, -0.15) is 0 Å². The van der Waals surface area contributed by atoms with E-state index in [4.69, 9.17) is 9.84 Å². The average molecular weight is 312 g/mol. The second-order valence-electron chi connectivity index (χ2n) is 7.10. The highest BCUT2D eigenvalue weighted by Crippen LogP contribution is 2.36. The van der Waals surface area contributed by atoms with Crippen LogP contribution >= 0.6 is 0 Å². The molecule has 2 aromatic rings. The zero-order valence-corrected chi connectivity index (χ0v) is 14.4. The van der Waals surface area contributed by atoms with Crippen molar-refractivity contribution in [3.05, 3.63) is 59.2 Å². The molecule has 0 aliphatic carbocycles. The summed E-state index contributed by atoms with van der Waals surface area (Å²) in [7, 11) is 0. The van der Waals surface area contributed by atoms with Crippen molar-refractivity contribution in [2.24, 2.45) is 0 Å². The average Bonchev–Trinajstić information content (AvgIpc) is 2.46. The molecule has 0 fully saturated rings. The molecule has 0 aromatic heterocycles. The van der Waals surface area contributed by atoms with Crippen LogP contribution in [0.4, 0.5) is 0 Å². The van der Waals surface area contributed by atoms with Crippen molar-refractivity contribution in [1.82, 2.24) is 0 Å². The van der Waals surface area contributed by atoms with Gasteiger partial charge in [-0.3, -0.25) is 0 Å². The van der Waals surface area contributed by atoms with Crippen molar-refractivity contribution in [2.75, 3.05) is 0 Å². The highest BCUT2D eigenvalue weighted by atomic mass is 16.5. The van der Waals surface area contributed by atoms with Crippen molar-refractivity contribution in [2.45, 2.75) is 46.0 Å². The maximum absolute atomic E-state index is 11.1. The standard InChI is InChI=1S/C20H24O3/c1-13(2)14-9-10-18(17(12-14)20(3,4)5)23-16-8-6-7-15(11-16)19(21)22/h6-13H,1-5H3,(H,21,22). The number of carboxylic acid groups (broad SMARTS) is 1. The Hall–Kier alpha value is -2.29. The molecule has 122 valence electrons. The van der Waals surface area contributed by atoms with E-state index in [1.807, 2.05) is 6.07 Å². The molecular formula is C20H24O3. The Morgan fingerprint density at radius 1 is 1.09 bits per heavy atom. The first kappa shape index (κ1) is 17.1. The Morgan fingerprint density at radius 2 is 1.78 bits per heavy atom. The molecule has 0 saturated heterocycles. The van der Waals surface area contributed by atoms with Gasteiger partial charge in [0.1, 0.15) is 11.5 Å². The van der Waals surface area contributed by atoms with E-state index in [0.717, 1.165) is 11.3 Å². The molecule has 0 aliphatic rings. The molecule has 23 heavy (non-hydrogen) atoms. The van der Waals surface area contributed by atoms with E-state index >= 15 is 0 Å². The normalized spacial score (nSPS) is 11.6. The van der Waals surface area contributed by atoms with Crippen LogP contribution in [0.25, 0.3) is 0 Å². The van der Waals surface area contributed by atoms with Gasteiger partial charge in [0.05, 0.1) is 5.56 Å². The van der Waals surface area contributed by atoms with Crippen LogP contribution in [0, 0.1) is 0 Å². The van der Waals surface area contributed by atoms with Gasteiger partial charge in [-0.25, -0.2) is 4.79 Å². The summed E-state index contributed by atoms with van der Waals surface area (Å²) in [5.74, 6) is 0.791. The molecule has 0 aliphatic heterocycles. The summed E-state index contributed by atoms with van der Waals surface area (Å²) in [6.45, 7) is 10.8. The first-order valence-electron chi connectivity index (χ1n) is 7.84. The molecule has 0 spiro atoms. The molecule has 3 heteroatoms. The third-order valence-corrected chi connectivity index (χ3v) is 3.79. The molecule has 1 N–H and O–H groups in total. The second-order valence-corrected chi connectivity index (χ2v) is 7.10. The molecule has 2 aromatic carbocycles. The topological polar surface area (TPSA) is 46.5 Å². The number of carbonyl (C=O) groups is 1. The van der Waals surface area contributed by atoms with Gasteiger partial charge in [0.15, 0.2) is 0 Å². The molecular weight excluding hydrogens is 288 g/mol. The highest BCUT2D eigenvalue weighted by molar-refractivity contribution is 5.88. The quantitative estimate of drug-likeness (QED) is 0.799. The molecule has 0 bridgehead atoms. The maximum atomic E-state index is 11.1. The summed E-state index contributed by atoms with van der Waals surface area (Å²) in [5, 5.41) is 9.10. The number of aromatic carboxylic acids is 1. The van der Waals surface area contributed by atoms with Crippen LogP contribution in [0.3, 0.4) is 0 Å². The van der Waals surface area contributed by atoms with Crippen LogP contribution in [-0.2, 0) is 5.41 Å². The fourth-order valence-corrected chi connectivity index (χ4v) is 2.40. The van der Waals surface area contributed by atoms with Gasteiger partial charge in [0.25, 0.3) is 0 Å². The lowest BCUT2D eigenvalue weighted by Gasteiger charge is -2.24. The third-order valence-electron chi connectivity index (χ3n) is 3.79. The fraction of sp³-hybridized carbons (Fsp3) is 0.350. The van der Waals surface area contributed by atoms with E-state index < -0.39 is 5.97 Å². The van der Waals surface area contributed by atoms with Crippen LogP contribution in [0.5, 0.6) is 11.5 Å². The second kappa shape index (κ2) is 6.45. The van der Waals surface area contributed by atoms with E-state index in [2.05, 4.69) is 46.8 Å². The van der Waals surface area contributed by atoms with E-state index in [1.165, 1.54) is 5.56 Å². The smallest absolute Gasteiger partial charge is 0.335 e. The summed E-state index contributed by atoms with van der Waals surface area (Å²) >= 11 is 0. The minimum atomic E-state index is -0.957. The zero-order valence-electron chi connectivity index (χ0n) is 14.4. The molecule has 0 unspecified atom stereocenters. The molecule has 0 heterocycles. The highest BCUT2D eigenvalue weighted by Gasteiger charge is 2.21. The summed E-state index contributed by atoms with van der Waals surface area (Å²) in [6, 6.07) is 12.8. The predicted molar refractivity (Wildman–Crippen MR) is 92.7 cm³/mol. The number of ether oxygens (including phenoxy) is 1. The monoisotopic (exact) mass is 312 g/mol. The number of hydrogen-bond acceptors (Lipinski definition) is 2. The number of hydrogen-bond donors (Lipinski definition) is 1. The molecule has 0 saturated carbocycles. The van der Waals surface area contributed by atoms with Crippen molar-refractivity contribution >= 4 is 5.97 Å². The fourth-order valence-electron chi connectivity index (χ4n) is 2.40. The lowest BCUT2D eigenvalue weighted by molar-refractivity contribution is 0.0696. The molecule has 3 nitrogen and oxygen atoms in total. The van der Waals surface area contributed by atoms with E-state index in [0.29, 0.717) is 11.7 Å². The largest absolute Gasteiger partial charge is 0.478 e. The van der Waals surface area contributed by atoms with Gasteiger partial charge in [-0.15, -0.1) is 0 Å². The summed E-state index contributed by atoms with van der Waals surface area (Å²) in [5.41, 5.74) is 2.54. The van der Waals surface area contributed by atoms with E-state index in [-0.39, 0.29) is 11.0 Å². The predicted octanol–water partition coefficient (Wildman–Crippen LogP) is 5.60. The third kappa shape index (κ3) is 4.13. The van der Waals surface area contributed by atoms with Crippen molar-refractivity contribution in [1.29, 1.82) is 0 Å². The molecule has 0 atom stereocenters. The van der Waals surface area contributed by atoms with Gasteiger partial charge >= 0.3 is 5.97 Å². The van der Waals surface area contributed by atoms with Crippen LogP contribution in [0.2, 0.25) is 0 Å². The van der Waals surface area contributed by atoms with Crippen LogP contribution < -0.4 is 4.74 Å². The van der Waals surface area contributed by atoms with Crippen molar-refractivity contribution in [3.63, 3.8) is 0 Å². The SMILES string of the molecule is CC(C)c1ccc(Oc2cccc(C(=O)O)c2)c(C(C)(C)C)c1. The van der Waals surface area contributed by atoms with Crippen molar-refractivity contribution in [3.8, 4) is 11.5 Å². The minimum Gasteiger partial charge on any atom is -0.478 e. The summed E-state index contributed by atoms with van der Waals surface area (Å²) in [6.07, 6.45) is 0. The first-order valence-corrected chi connectivity index (χ1v) is 7.84. The molecule has 0 amide bonds. The lowest BCUT2D eigenvalue weighted by atomic mass is 9.84. The Balaban J connectivity index is 2.43. The van der Waals surface area contributed by atoms with Gasteiger partial charge in [-0.1, -0.05) is 52.8 Å².